The van der Waals surface area contributed by atoms with Crippen molar-refractivity contribution < 1.29 is 14.3 Å². The molecule has 1 aromatic rings. The number of carbonyl (C=O) groups excluding carboxylic acids is 1. The van der Waals surface area contributed by atoms with Gasteiger partial charge >= 0.3 is 29.0 Å². The van der Waals surface area contributed by atoms with Gasteiger partial charge in [0.15, 0.2) is 5.60 Å². The van der Waals surface area contributed by atoms with Gasteiger partial charge in [-0.15, -0.1) is 0 Å². The van der Waals surface area contributed by atoms with E-state index < -0.39 is 5.60 Å². The van der Waals surface area contributed by atoms with Gasteiger partial charge in [-0.25, -0.2) is 4.79 Å². The van der Waals surface area contributed by atoms with Gasteiger partial charge in [0.05, 0.1) is 6.61 Å². The zero-order valence-corrected chi connectivity index (χ0v) is 12.5. The van der Waals surface area contributed by atoms with E-state index >= 15 is 0 Å². The molecule has 0 N–H and O–H groups in total. The molecule has 0 aliphatic heterocycles. The number of esters is 1. The summed E-state index contributed by atoms with van der Waals surface area (Å²) >= 11 is 5.75. The quantitative estimate of drug-likeness (QED) is 0.621. The number of rotatable bonds is 4. The van der Waals surface area contributed by atoms with Gasteiger partial charge in [0.25, 0.3) is 0 Å². The SMILES string of the molecule is CCOC(=O)C(C)(C)Oc1ccc(Cl)cc1.[Mg+2]. The second-order valence-electron chi connectivity index (χ2n) is 3.79. The van der Waals surface area contributed by atoms with Crippen molar-refractivity contribution in [1.29, 1.82) is 0 Å². The Bertz CT molecular complexity index is 363. The Hall–Kier alpha value is -0.454. The van der Waals surface area contributed by atoms with E-state index in [1.165, 1.54) is 0 Å². The maximum Gasteiger partial charge on any atom is 2.00 e. The molecule has 0 fully saturated rings. The van der Waals surface area contributed by atoms with E-state index in [4.69, 9.17) is 21.1 Å². The van der Waals surface area contributed by atoms with Gasteiger partial charge in [-0.05, 0) is 45.0 Å². The van der Waals surface area contributed by atoms with Crippen LogP contribution < -0.4 is 4.74 Å². The monoisotopic (exact) mass is 266 g/mol. The first-order valence-electron chi connectivity index (χ1n) is 5.07. The van der Waals surface area contributed by atoms with Crippen molar-refractivity contribution in [3.63, 3.8) is 0 Å². The molecule has 1 rings (SSSR count). The van der Waals surface area contributed by atoms with Crippen molar-refractivity contribution in [2.24, 2.45) is 0 Å². The minimum absolute atomic E-state index is 0. The Morgan fingerprint density at radius 2 is 1.82 bits per heavy atom. The van der Waals surface area contributed by atoms with Crippen LogP contribution in [0.5, 0.6) is 5.75 Å². The predicted octanol–water partition coefficient (Wildman–Crippen LogP) is 2.68. The normalized spacial score (nSPS) is 10.4. The minimum atomic E-state index is -0.996. The smallest absolute Gasteiger partial charge is 0.476 e. The fourth-order valence-electron chi connectivity index (χ4n) is 1.14. The zero-order valence-electron chi connectivity index (χ0n) is 10.3. The molecule has 0 unspecified atom stereocenters. The summed E-state index contributed by atoms with van der Waals surface area (Å²) in [5, 5.41) is 0.626. The van der Waals surface area contributed by atoms with E-state index in [1.807, 2.05) is 0 Å². The van der Waals surface area contributed by atoms with Gasteiger partial charge in [0, 0.05) is 5.02 Å². The van der Waals surface area contributed by atoms with Crippen molar-refractivity contribution >= 4 is 40.6 Å². The van der Waals surface area contributed by atoms with Gasteiger partial charge in [0.2, 0.25) is 0 Å². The molecule has 17 heavy (non-hydrogen) atoms. The topological polar surface area (TPSA) is 35.5 Å². The van der Waals surface area contributed by atoms with Gasteiger partial charge < -0.3 is 9.47 Å². The van der Waals surface area contributed by atoms with Gasteiger partial charge in [-0.2, -0.15) is 0 Å². The van der Waals surface area contributed by atoms with Crippen molar-refractivity contribution in [1.82, 2.24) is 0 Å². The number of benzene rings is 1. The summed E-state index contributed by atoms with van der Waals surface area (Å²) < 4.78 is 10.5. The van der Waals surface area contributed by atoms with Crippen molar-refractivity contribution in [3.05, 3.63) is 29.3 Å². The Labute approximate surface area is 123 Å². The van der Waals surface area contributed by atoms with Gasteiger partial charge in [-0.3, -0.25) is 0 Å². The molecule has 0 radical (unpaired) electrons. The molecule has 0 amide bonds. The standard InChI is InChI=1S/C12H15ClO3.Mg/c1-4-15-11(14)12(2,3)16-10-7-5-9(13)6-8-10;/h5-8H,4H2,1-3H3;/q;+2. The van der Waals surface area contributed by atoms with E-state index in [9.17, 15) is 4.79 Å². The van der Waals surface area contributed by atoms with Crippen LogP contribution in [0.4, 0.5) is 0 Å². The maximum atomic E-state index is 11.6. The molecule has 0 saturated carbocycles. The summed E-state index contributed by atoms with van der Waals surface area (Å²) in [6.45, 7) is 5.43. The first-order valence-corrected chi connectivity index (χ1v) is 5.45. The molecule has 1 aromatic carbocycles. The van der Waals surface area contributed by atoms with E-state index in [0.29, 0.717) is 17.4 Å². The molecule has 88 valence electrons. The fourth-order valence-corrected chi connectivity index (χ4v) is 1.27. The first kappa shape index (κ1) is 16.5. The Morgan fingerprint density at radius 3 is 2.29 bits per heavy atom. The molecule has 0 bridgehead atoms. The van der Waals surface area contributed by atoms with E-state index in [2.05, 4.69) is 0 Å². The summed E-state index contributed by atoms with van der Waals surface area (Å²) in [5.74, 6) is 0.201. The molecular weight excluding hydrogens is 252 g/mol. The molecule has 0 aliphatic carbocycles. The average Bonchev–Trinajstić information content (AvgIpc) is 2.21. The van der Waals surface area contributed by atoms with Gasteiger partial charge in [0.1, 0.15) is 5.75 Å². The second kappa shape index (κ2) is 7.09. The fraction of sp³-hybridized carbons (Fsp3) is 0.417. The summed E-state index contributed by atoms with van der Waals surface area (Å²) in [7, 11) is 0. The molecule has 0 heterocycles. The summed E-state index contributed by atoms with van der Waals surface area (Å²) in [5.41, 5.74) is -0.996. The Balaban J connectivity index is 0.00000256. The molecule has 0 aliphatic rings. The number of hydrogen-bond acceptors (Lipinski definition) is 3. The third-order valence-electron chi connectivity index (χ3n) is 1.95. The Kier molecular flexibility index (Phi) is 6.90. The molecule has 0 atom stereocenters. The third-order valence-corrected chi connectivity index (χ3v) is 2.21. The minimum Gasteiger partial charge on any atom is -0.476 e. The maximum absolute atomic E-state index is 11.6. The van der Waals surface area contributed by atoms with Crippen LogP contribution in [0.3, 0.4) is 0 Å². The van der Waals surface area contributed by atoms with Crippen LogP contribution in [-0.2, 0) is 9.53 Å². The molecule has 0 spiro atoms. The molecule has 5 heteroatoms. The largest absolute Gasteiger partial charge is 2.00 e. The third kappa shape index (κ3) is 5.15. The van der Waals surface area contributed by atoms with Crippen molar-refractivity contribution in [3.8, 4) is 5.75 Å². The van der Waals surface area contributed by atoms with Crippen LogP contribution in [0.1, 0.15) is 20.8 Å². The Morgan fingerprint density at radius 1 is 1.29 bits per heavy atom. The van der Waals surface area contributed by atoms with Crippen LogP contribution >= 0.6 is 11.6 Å². The number of ether oxygens (including phenoxy) is 2. The van der Waals surface area contributed by atoms with Gasteiger partial charge in [-0.1, -0.05) is 11.6 Å². The van der Waals surface area contributed by atoms with Crippen LogP contribution in [-0.4, -0.2) is 41.2 Å². The van der Waals surface area contributed by atoms with Crippen molar-refractivity contribution in [2.75, 3.05) is 6.61 Å². The molecular formula is C12H15ClMgO3+2. The van der Waals surface area contributed by atoms with E-state index in [0.717, 1.165) is 0 Å². The van der Waals surface area contributed by atoms with E-state index in [1.54, 1.807) is 45.0 Å². The molecule has 3 nitrogen and oxygen atoms in total. The molecule has 0 saturated heterocycles. The number of halogens is 1. The summed E-state index contributed by atoms with van der Waals surface area (Å²) in [4.78, 5) is 11.6. The number of hydrogen-bond donors (Lipinski definition) is 0. The second-order valence-corrected chi connectivity index (χ2v) is 4.22. The van der Waals surface area contributed by atoms with E-state index in [-0.39, 0.29) is 29.0 Å². The number of carbonyl (C=O) groups is 1. The van der Waals surface area contributed by atoms with Crippen LogP contribution in [0.2, 0.25) is 5.02 Å². The summed E-state index contributed by atoms with van der Waals surface area (Å²) in [6.07, 6.45) is 0. The first-order chi connectivity index (χ1) is 7.45. The van der Waals surface area contributed by atoms with Crippen molar-refractivity contribution in [2.45, 2.75) is 26.4 Å². The predicted molar refractivity (Wildman–Crippen MR) is 68.5 cm³/mol. The molecule has 0 aromatic heterocycles. The van der Waals surface area contributed by atoms with Crippen LogP contribution in [0.25, 0.3) is 0 Å². The zero-order chi connectivity index (χ0) is 12.2. The summed E-state index contributed by atoms with van der Waals surface area (Å²) in [6, 6.07) is 6.84. The average molecular weight is 267 g/mol. The van der Waals surface area contributed by atoms with Crippen LogP contribution in [0, 0.1) is 0 Å². The van der Waals surface area contributed by atoms with Crippen LogP contribution in [0.15, 0.2) is 24.3 Å².